The number of nitrogens with one attached hydrogen (secondary N) is 1. The number of non-ortho nitro benzene ring substituents is 1. The monoisotopic (exact) mass is 270 g/mol. The van der Waals surface area contributed by atoms with Gasteiger partial charge in [0.15, 0.2) is 5.82 Å². The van der Waals surface area contributed by atoms with E-state index < -0.39 is 4.92 Å². The first-order valence-electron chi connectivity index (χ1n) is 6.47. The molecule has 0 radical (unpaired) electrons. The van der Waals surface area contributed by atoms with Gasteiger partial charge in [0.1, 0.15) is 0 Å². The van der Waals surface area contributed by atoms with E-state index in [4.69, 9.17) is 0 Å². The van der Waals surface area contributed by atoms with Gasteiger partial charge in [-0.25, -0.2) is 9.97 Å². The van der Waals surface area contributed by atoms with Crippen LogP contribution in [0.1, 0.15) is 17.0 Å². The standard InChI is InChI=1S/C14H14N4O2/c1-9-12-8-15-7-6-13(12)17-14(16-9)10-2-4-11(5-3-10)18(19)20/h2-5,15H,6-8H2,1H3. The Bertz CT molecular complexity index is 668. The Hall–Kier alpha value is -2.34. The van der Waals surface area contributed by atoms with Crippen molar-refractivity contribution in [2.24, 2.45) is 0 Å². The Labute approximate surface area is 116 Å². The number of benzene rings is 1. The molecule has 6 nitrogen and oxygen atoms in total. The van der Waals surface area contributed by atoms with Crippen molar-refractivity contribution in [1.29, 1.82) is 0 Å². The van der Waals surface area contributed by atoms with Crippen molar-refractivity contribution >= 4 is 5.69 Å². The van der Waals surface area contributed by atoms with E-state index in [9.17, 15) is 10.1 Å². The molecule has 0 amide bonds. The molecule has 0 aliphatic carbocycles. The van der Waals surface area contributed by atoms with Gasteiger partial charge >= 0.3 is 0 Å². The molecule has 1 aliphatic rings. The van der Waals surface area contributed by atoms with Crippen molar-refractivity contribution < 1.29 is 4.92 Å². The van der Waals surface area contributed by atoms with Crippen LogP contribution in [-0.4, -0.2) is 21.4 Å². The summed E-state index contributed by atoms with van der Waals surface area (Å²) in [4.78, 5) is 19.4. The number of nitrogens with zero attached hydrogens (tertiary/aromatic N) is 3. The number of fused-ring (bicyclic) bond motifs is 1. The predicted octanol–water partition coefficient (Wildman–Crippen LogP) is 2.01. The minimum absolute atomic E-state index is 0.0765. The summed E-state index contributed by atoms with van der Waals surface area (Å²) < 4.78 is 0. The highest BCUT2D eigenvalue weighted by Gasteiger charge is 2.16. The maximum Gasteiger partial charge on any atom is 0.269 e. The maximum absolute atomic E-state index is 10.7. The summed E-state index contributed by atoms with van der Waals surface area (Å²) in [7, 11) is 0. The largest absolute Gasteiger partial charge is 0.312 e. The smallest absolute Gasteiger partial charge is 0.269 e. The Balaban J connectivity index is 2.01. The number of hydrogen-bond donors (Lipinski definition) is 1. The van der Waals surface area contributed by atoms with Crippen LogP contribution in [0.4, 0.5) is 5.69 Å². The Morgan fingerprint density at radius 1 is 1.25 bits per heavy atom. The second-order valence-electron chi connectivity index (χ2n) is 4.79. The summed E-state index contributed by atoms with van der Waals surface area (Å²) in [6.07, 6.45) is 0.888. The number of rotatable bonds is 2. The van der Waals surface area contributed by atoms with E-state index in [-0.39, 0.29) is 5.69 Å². The Morgan fingerprint density at radius 2 is 2.00 bits per heavy atom. The van der Waals surface area contributed by atoms with E-state index in [1.807, 2.05) is 6.92 Å². The van der Waals surface area contributed by atoms with Crippen molar-refractivity contribution in [3.63, 3.8) is 0 Å². The molecule has 1 aliphatic heterocycles. The molecule has 0 spiro atoms. The van der Waals surface area contributed by atoms with Crippen molar-refractivity contribution in [1.82, 2.24) is 15.3 Å². The third-order valence-electron chi connectivity index (χ3n) is 3.48. The van der Waals surface area contributed by atoms with Gasteiger partial charge in [-0.2, -0.15) is 0 Å². The van der Waals surface area contributed by atoms with Crippen LogP contribution in [0.25, 0.3) is 11.4 Å². The lowest BCUT2D eigenvalue weighted by Gasteiger charge is -2.18. The van der Waals surface area contributed by atoms with Gasteiger partial charge in [-0.1, -0.05) is 0 Å². The van der Waals surface area contributed by atoms with Crippen molar-refractivity contribution in [3.05, 3.63) is 51.3 Å². The number of nitro benzene ring substituents is 1. The summed E-state index contributed by atoms with van der Waals surface area (Å²) in [5.74, 6) is 0.637. The lowest BCUT2D eigenvalue weighted by atomic mass is 10.1. The van der Waals surface area contributed by atoms with Gasteiger partial charge in [-0.3, -0.25) is 10.1 Å². The molecule has 6 heteroatoms. The van der Waals surface area contributed by atoms with E-state index in [1.54, 1.807) is 12.1 Å². The fourth-order valence-electron chi connectivity index (χ4n) is 2.37. The molecule has 0 saturated carbocycles. The highest BCUT2D eigenvalue weighted by Crippen LogP contribution is 2.23. The van der Waals surface area contributed by atoms with Crippen LogP contribution in [0.2, 0.25) is 0 Å². The zero-order valence-corrected chi connectivity index (χ0v) is 11.1. The van der Waals surface area contributed by atoms with Crippen molar-refractivity contribution in [3.8, 4) is 11.4 Å². The molecule has 2 heterocycles. The average molecular weight is 270 g/mol. The van der Waals surface area contributed by atoms with E-state index in [2.05, 4.69) is 15.3 Å². The van der Waals surface area contributed by atoms with E-state index in [0.29, 0.717) is 5.82 Å². The maximum atomic E-state index is 10.7. The van der Waals surface area contributed by atoms with Crippen molar-refractivity contribution in [2.45, 2.75) is 19.9 Å². The molecular weight excluding hydrogens is 256 g/mol. The van der Waals surface area contributed by atoms with Gasteiger partial charge in [0, 0.05) is 48.5 Å². The minimum atomic E-state index is -0.408. The molecule has 0 unspecified atom stereocenters. The summed E-state index contributed by atoms with van der Waals surface area (Å²) in [5, 5.41) is 14.0. The van der Waals surface area contributed by atoms with Crippen LogP contribution in [0.15, 0.2) is 24.3 Å². The lowest BCUT2D eigenvalue weighted by molar-refractivity contribution is -0.384. The summed E-state index contributed by atoms with van der Waals surface area (Å²) in [6, 6.07) is 6.35. The Morgan fingerprint density at radius 3 is 2.70 bits per heavy atom. The number of nitro groups is 1. The van der Waals surface area contributed by atoms with Gasteiger partial charge in [-0.05, 0) is 19.1 Å². The van der Waals surface area contributed by atoms with Gasteiger partial charge < -0.3 is 5.32 Å². The third-order valence-corrected chi connectivity index (χ3v) is 3.48. The SMILES string of the molecule is Cc1nc(-c2ccc([N+](=O)[O-])cc2)nc2c1CNCC2. The van der Waals surface area contributed by atoms with Gasteiger partial charge in [0.25, 0.3) is 5.69 Å². The van der Waals surface area contributed by atoms with Crippen molar-refractivity contribution in [2.75, 3.05) is 6.54 Å². The zero-order valence-electron chi connectivity index (χ0n) is 11.1. The van der Waals surface area contributed by atoms with Gasteiger partial charge in [0.05, 0.1) is 10.6 Å². The second-order valence-corrected chi connectivity index (χ2v) is 4.79. The molecule has 2 aromatic rings. The quantitative estimate of drug-likeness (QED) is 0.667. The number of aryl methyl sites for hydroxylation is 1. The van der Waals surface area contributed by atoms with Crippen LogP contribution < -0.4 is 5.32 Å². The fraction of sp³-hybridized carbons (Fsp3) is 0.286. The van der Waals surface area contributed by atoms with Crippen LogP contribution in [0.5, 0.6) is 0 Å². The van der Waals surface area contributed by atoms with Crippen LogP contribution in [0, 0.1) is 17.0 Å². The van der Waals surface area contributed by atoms with Gasteiger partial charge in [0.2, 0.25) is 0 Å². The Kier molecular flexibility index (Phi) is 3.15. The fourth-order valence-corrected chi connectivity index (χ4v) is 2.37. The topological polar surface area (TPSA) is 81.0 Å². The average Bonchev–Trinajstić information content (AvgIpc) is 2.47. The van der Waals surface area contributed by atoms with Gasteiger partial charge in [-0.15, -0.1) is 0 Å². The predicted molar refractivity (Wildman–Crippen MR) is 74.3 cm³/mol. The second kappa shape index (κ2) is 4.97. The summed E-state index contributed by atoms with van der Waals surface area (Å²) in [5.41, 5.74) is 4.09. The molecule has 0 fully saturated rings. The molecular formula is C14H14N4O2. The van der Waals surface area contributed by atoms with Crippen LogP contribution >= 0.6 is 0 Å². The molecule has 20 heavy (non-hydrogen) atoms. The third kappa shape index (κ3) is 2.25. The van der Waals surface area contributed by atoms with E-state index in [1.165, 1.54) is 17.7 Å². The molecule has 0 atom stereocenters. The van der Waals surface area contributed by atoms with Crippen LogP contribution in [-0.2, 0) is 13.0 Å². The molecule has 102 valence electrons. The number of hydrogen-bond acceptors (Lipinski definition) is 5. The molecule has 3 rings (SSSR count). The van der Waals surface area contributed by atoms with Crippen LogP contribution in [0.3, 0.4) is 0 Å². The first-order chi connectivity index (χ1) is 9.65. The highest BCUT2D eigenvalue weighted by atomic mass is 16.6. The molecule has 1 aromatic carbocycles. The normalized spacial score (nSPS) is 13.8. The molecule has 1 aromatic heterocycles. The molecule has 0 saturated heterocycles. The number of aromatic nitrogens is 2. The molecule has 0 bridgehead atoms. The summed E-state index contributed by atoms with van der Waals surface area (Å²) in [6.45, 7) is 3.70. The molecule has 1 N–H and O–H groups in total. The highest BCUT2D eigenvalue weighted by molar-refractivity contribution is 5.58. The minimum Gasteiger partial charge on any atom is -0.312 e. The first-order valence-corrected chi connectivity index (χ1v) is 6.47. The zero-order chi connectivity index (χ0) is 14.1. The van der Waals surface area contributed by atoms with E-state index in [0.717, 1.165) is 36.5 Å². The lowest BCUT2D eigenvalue weighted by Crippen LogP contribution is -2.26. The summed E-state index contributed by atoms with van der Waals surface area (Å²) >= 11 is 0. The van der Waals surface area contributed by atoms with E-state index >= 15 is 0 Å². The first kappa shape index (κ1) is 12.7.